The molecule has 0 fully saturated rings. The van der Waals surface area contributed by atoms with Crippen molar-refractivity contribution >= 4 is 5.97 Å². The van der Waals surface area contributed by atoms with Crippen molar-refractivity contribution < 1.29 is 9.90 Å². The number of carbonyl (C=O) groups is 1. The minimum absolute atomic E-state index is 0.227. The average molecular weight is 181 g/mol. The van der Waals surface area contributed by atoms with E-state index in [4.69, 9.17) is 5.11 Å². The van der Waals surface area contributed by atoms with Gasteiger partial charge in [-0.05, 0) is 19.1 Å². The van der Waals surface area contributed by atoms with Crippen LogP contribution >= 0.6 is 0 Å². The number of hydrogen-bond donors (Lipinski definition) is 1. The quantitative estimate of drug-likeness (QED) is 0.724. The summed E-state index contributed by atoms with van der Waals surface area (Å²) >= 11 is 0. The van der Waals surface area contributed by atoms with Crippen LogP contribution in [0.5, 0.6) is 0 Å². The Kier molecular flexibility index (Phi) is 5.52. The summed E-state index contributed by atoms with van der Waals surface area (Å²) in [7, 11) is 0. The molecule has 0 saturated carbocycles. The van der Waals surface area contributed by atoms with E-state index in [1.54, 1.807) is 6.07 Å². The topological polar surface area (TPSA) is 50.2 Å². The third-order valence-electron chi connectivity index (χ3n) is 1.16. The SMILES string of the molecule is CCC.Cc1ccc(C(=O)O)cn1. The number of hydrogen-bond acceptors (Lipinski definition) is 2. The lowest BCUT2D eigenvalue weighted by molar-refractivity contribution is 0.0696. The van der Waals surface area contributed by atoms with E-state index >= 15 is 0 Å². The molecule has 0 aliphatic heterocycles. The lowest BCUT2D eigenvalue weighted by atomic mass is 10.3. The average Bonchev–Trinajstić information content (AvgIpc) is 2.06. The number of aromatic nitrogens is 1. The molecule has 0 amide bonds. The monoisotopic (exact) mass is 181 g/mol. The van der Waals surface area contributed by atoms with Crippen molar-refractivity contribution in [1.82, 2.24) is 4.98 Å². The lowest BCUT2D eigenvalue weighted by Gasteiger charge is -1.92. The molecule has 0 unspecified atom stereocenters. The first kappa shape index (κ1) is 11.6. The van der Waals surface area contributed by atoms with Crippen LogP contribution in [0.3, 0.4) is 0 Å². The van der Waals surface area contributed by atoms with Crippen molar-refractivity contribution in [1.29, 1.82) is 0 Å². The molecule has 13 heavy (non-hydrogen) atoms. The first-order valence-corrected chi connectivity index (χ1v) is 4.27. The second-order valence-electron chi connectivity index (χ2n) is 2.70. The maximum absolute atomic E-state index is 10.3. The van der Waals surface area contributed by atoms with Crippen LogP contribution in [-0.2, 0) is 0 Å². The van der Waals surface area contributed by atoms with Gasteiger partial charge in [0.1, 0.15) is 0 Å². The van der Waals surface area contributed by atoms with Crippen LogP contribution in [0.1, 0.15) is 36.3 Å². The van der Waals surface area contributed by atoms with Gasteiger partial charge < -0.3 is 5.11 Å². The minimum atomic E-state index is -0.937. The highest BCUT2D eigenvalue weighted by molar-refractivity contribution is 5.87. The predicted molar refractivity (Wildman–Crippen MR) is 51.9 cm³/mol. The molecule has 0 atom stereocenters. The van der Waals surface area contributed by atoms with Gasteiger partial charge in [-0.15, -0.1) is 0 Å². The van der Waals surface area contributed by atoms with Crippen molar-refractivity contribution in [2.75, 3.05) is 0 Å². The molecule has 0 spiro atoms. The molecule has 3 heteroatoms. The largest absolute Gasteiger partial charge is 0.478 e. The zero-order valence-corrected chi connectivity index (χ0v) is 8.24. The van der Waals surface area contributed by atoms with Crippen molar-refractivity contribution in [3.8, 4) is 0 Å². The van der Waals surface area contributed by atoms with Gasteiger partial charge in [0, 0.05) is 11.9 Å². The molecule has 0 aliphatic carbocycles. The van der Waals surface area contributed by atoms with Gasteiger partial charge in [0.05, 0.1) is 5.56 Å². The van der Waals surface area contributed by atoms with Crippen molar-refractivity contribution in [3.63, 3.8) is 0 Å². The molecule has 72 valence electrons. The van der Waals surface area contributed by atoms with Crippen LogP contribution in [0, 0.1) is 6.92 Å². The molecule has 0 bridgehead atoms. The van der Waals surface area contributed by atoms with E-state index < -0.39 is 5.97 Å². The Balaban J connectivity index is 0.000000424. The van der Waals surface area contributed by atoms with Crippen LogP contribution in [0.25, 0.3) is 0 Å². The Morgan fingerprint density at radius 2 is 2.00 bits per heavy atom. The van der Waals surface area contributed by atoms with Crippen LogP contribution in [0.2, 0.25) is 0 Å². The van der Waals surface area contributed by atoms with E-state index in [1.165, 1.54) is 18.7 Å². The van der Waals surface area contributed by atoms with Crippen LogP contribution in [-0.4, -0.2) is 16.1 Å². The first-order valence-electron chi connectivity index (χ1n) is 4.27. The molecule has 1 rings (SSSR count). The molecule has 1 aromatic heterocycles. The summed E-state index contributed by atoms with van der Waals surface area (Å²) in [4.78, 5) is 14.1. The van der Waals surface area contributed by atoms with Gasteiger partial charge >= 0.3 is 5.97 Å². The molecule has 0 saturated heterocycles. The van der Waals surface area contributed by atoms with E-state index in [0.717, 1.165) is 5.69 Å². The van der Waals surface area contributed by atoms with E-state index in [2.05, 4.69) is 18.8 Å². The molecule has 0 radical (unpaired) electrons. The number of aromatic carboxylic acids is 1. The number of rotatable bonds is 1. The number of aryl methyl sites for hydroxylation is 1. The molecular weight excluding hydrogens is 166 g/mol. The number of pyridine rings is 1. The standard InChI is InChI=1S/C7H7NO2.C3H8/c1-5-2-3-6(4-8-5)7(9)10;1-3-2/h2-4H,1H3,(H,9,10);3H2,1-2H3. The third kappa shape index (κ3) is 4.95. The van der Waals surface area contributed by atoms with Gasteiger partial charge in [-0.3, -0.25) is 4.98 Å². The Bertz CT molecular complexity index is 254. The second kappa shape index (κ2) is 6.17. The van der Waals surface area contributed by atoms with E-state index in [1.807, 2.05) is 6.92 Å². The Hall–Kier alpha value is -1.38. The van der Waals surface area contributed by atoms with Gasteiger partial charge in [-0.2, -0.15) is 0 Å². The summed E-state index contributed by atoms with van der Waals surface area (Å²) < 4.78 is 0. The fourth-order valence-electron chi connectivity index (χ4n) is 0.594. The van der Waals surface area contributed by atoms with Crippen LogP contribution in [0.15, 0.2) is 18.3 Å². The molecule has 0 aromatic carbocycles. The highest BCUT2D eigenvalue weighted by Gasteiger charge is 1.99. The molecule has 1 heterocycles. The fourth-order valence-corrected chi connectivity index (χ4v) is 0.594. The van der Waals surface area contributed by atoms with E-state index in [0.29, 0.717) is 0 Å². The Morgan fingerprint density at radius 3 is 2.31 bits per heavy atom. The number of nitrogens with zero attached hydrogens (tertiary/aromatic N) is 1. The van der Waals surface area contributed by atoms with Crippen molar-refractivity contribution in [2.24, 2.45) is 0 Å². The van der Waals surface area contributed by atoms with Crippen LogP contribution in [0.4, 0.5) is 0 Å². The molecule has 1 aromatic rings. The lowest BCUT2D eigenvalue weighted by Crippen LogP contribution is -1.96. The van der Waals surface area contributed by atoms with Gasteiger partial charge in [0.25, 0.3) is 0 Å². The summed E-state index contributed by atoms with van der Waals surface area (Å²) in [5.41, 5.74) is 1.05. The Morgan fingerprint density at radius 1 is 1.46 bits per heavy atom. The zero-order valence-electron chi connectivity index (χ0n) is 8.24. The Labute approximate surface area is 78.4 Å². The molecular formula is C10H15NO2. The first-order chi connectivity index (χ1) is 6.11. The number of carboxylic acids is 1. The minimum Gasteiger partial charge on any atom is -0.478 e. The normalized spacial score (nSPS) is 8.54. The smallest absolute Gasteiger partial charge is 0.337 e. The highest BCUT2D eigenvalue weighted by atomic mass is 16.4. The maximum atomic E-state index is 10.3. The van der Waals surface area contributed by atoms with Crippen LogP contribution < -0.4 is 0 Å². The summed E-state index contributed by atoms with van der Waals surface area (Å²) in [5, 5.41) is 8.44. The maximum Gasteiger partial charge on any atom is 0.337 e. The van der Waals surface area contributed by atoms with Crippen molar-refractivity contribution in [2.45, 2.75) is 27.2 Å². The second-order valence-corrected chi connectivity index (χ2v) is 2.70. The molecule has 1 N–H and O–H groups in total. The third-order valence-corrected chi connectivity index (χ3v) is 1.16. The molecule has 3 nitrogen and oxygen atoms in total. The van der Waals surface area contributed by atoms with Gasteiger partial charge in [0.2, 0.25) is 0 Å². The van der Waals surface area contributed by atoms with E-state index in [-0.39, 0.29) is 5.56 Å². The van der Waals surface area contributed by atoms with Gasteiger partial charge in [-0.25, -0.2) is 4.79 Å². The van der Waals surface area contributed by atoms with Gasteiger partial charge in [-0.1, -0.05) is 20.3 Å². The fraction of sp³-hybridized carbons (Fsp3) is 0.400. The summed E-state index contributed by atoms with van der Waals surface area (Å²) in [6.07, 6.45) is 2.59. The van der Waals surface area contributed by atoms with Gasteiger partial charge in [0.15, 0.2) is 0 Å². The summed E-state index contributed by atoms with van der Waals surface area (Å²) in [5.74, 6) is -0.937. The van der Waals surface area contributed by atoms with E-state index in [9.17, 15) is 4.79 Å². The highest BCUT2D eigenvalue weighted by Crippen LogP contribution is 1.97. The summed E-state index contributed by atoms with van der Waals surface area (Å²) in [6.45, 7) is 6.06. The van der Waals surface area contributed by atoms with Crippen molar-refractivity contribution in [3.05, 3.63) is 29.6 Å². The number of carboxylic acid groups (broad SMARTS) is 1. The zero-order chi connectivity index (χ0) is 10.3. The summed E-state index contributed by atoms with van der Waals surface area (Å²) in [6, 6.07) is 3.20. The predicted octanol–water partition coefficient (Wildman–Crippen LogP) is 2.50. The molecule has 0 aliphatic rings.